The van der Waals surface area contributed by atoms with Crippen LogP contribution in [0.5, 0.6) is 11.5 Å². The van der Waals surface area contributed by atoms with Gasteiger partial charge in [0.2, 0.25) is 0 Å². The lowest BCUT2D eigenvalue weighted by Crippen LogP contribution is -2.50. The van der Waals surface area contributed by atoms with Gasteiger partial charge in [-0.25, -0.2) is 5.43 Å². The molecule has 0 heterocycles. The van der Waals surface area contributed by atoms with Gasteiger partial charge in [-0.15, -0.1) is 0 Å². The van der Waals surface area contributed by atoms with E-state index in [4.69, 9.17) is 32.7 Å². The van der Waals surface area contributed by atoms with E-state index < -0.39 is 24.0 Å². The number of rotatable bonds is 10. The molecule has 0 aliphatic rings. The number of aryl methyl sites for hydroxylation is 1. The number of nitrogens with zero attached hydrogens (tertiary/aromatic N) is 1. The highest BCUT2D eigenvalue weighted by atomic mass is 35.5. The fraction of sp³-hybridized carbons (Fsp3) is 0.222. The normalized spacial score (nSPS) is 12.6. The summed E-state index contributed by atoms with van der Waals surface area (Å²) in [6.45, 7) is 3.50. The first-order valence-electron chi connectivity index (χ1n) is 11.2. The fourth-order valence-corrected chi connectivity index (χ4v) is 3.78. The summed E-state index contributed by atoms with van der Waals surface area (Å²) in [4.78, 5) is 25.9. The van der Waals surface area contributed by atoms with Gasteiger partial charge in [0.25, 0.3) is 11.8 Å². The van der Waals surface area contributed by atoms with E-state index in [1.165, 1.54) is 12.3 Å². The highest BCUT2D eigenvalue weighted by molar-refractivity contribution is 6.35. The molecule has 7 nitrogen and oxygen atoms in total. The van der Waals surface area contributed by atoms with Crippen LogP contribution in [0.15, 0.2) is 71.8 Å². The number of hydrogen-bond acceptors (Lipinski definition) is 5. The van der Waals surface area contributed by atoms with Crippen LogP contribution < -0.4 is 20.2 Å². The van der Waals surface area contributed by atoms with E-state index in [2.05, 4.69) is 15.8 Å². The SMILES string of the molecule is COc1cc(/C=N\NC(=O)[C@@H](Cc2ccccc2)NC(=O)[C@@H](C)Oc2ccc(Cl)cc2Cl)ccc1C. The number of methoxy groups -OCH3 is 1. The number of nitrogens with one attached hydrogen (secondary N) is 2. The van der Waals surface area contributed by atoms with Crippen molar-refractivity contribution in [3.8, 4) is 11.5 Å². The Kier molecular flexibility index (Phi) is 9.73. The number of amides is 2. The Morgan fingerprint density at radius 3 is 2.44 bits per heavy atom. The molecule has 0 fully saturated rings. The summed E-state index contributed by atoms with van der Waals surface area (Å²) in [5, 5.41) is 7.54. The van der Waals surface area contributed by atoms with Crippen LogP contribution >= 0.6 is 23.2 Å². The third-order valence-electron chi connectivity index (χ3n) is 5.30. The van der Waals surface area contributed by atoms with Gasteiger partial charge < -0.3 is 14.8 Å². The third-order valence-corrected chi connectivity index (χ3v) is 5.83. The van der Waals surface area contributed by atoms with E-state index in [0.29, 0.717) is 16.5 Å². The van der Waals surface area contributed by atoms with E-state index in [-0.39, 0.29) is 11.4 Å². The van der Waals surface area contributed by atoms with Crippen molar-refractivity contribution in [3.63, 3.8) is 0 Å². The molecule has 3 aromatic carbocycles. The van der Waals surface area contributed by atoms with Gasteiger partial charge in [-0.1, -0.05) is 65.7 Å². The molecule has 0 aromatic heterocycles. The molecule has 0 aliphatic heterocycles. The summed E-state index contributed by atoms with van der Waals surface area (Å²) in [6, 6.07) is 18.8. The predicted octanol–water partition coefficient (Wildman–Crippen LogP) is 4.96. The summed E-state index contributed by atoms with van der Waals surface area (Å²) in [7, 11) is 1.59. The Bertz CT molecular complexity index is 1230. The lowest BCUT2D eigenvalue weighted by molar-refractivity contribution is -0.132. The Hall–Kier alpha value is -3.55. The topological polar surface area (TPSA) is 89.0 Å². The molecule has 9 heteroatoms. The molecule has 2 N–H and O–H groups in total. The summed E-state index contributed by atoms with van der Waals surface area (Å²) in [5.41, 5.74) is 5.13. The van der Waals surface area contributed by atoms with Gasteiger partial charge in [-0.05, 0) is 54.8 Å². The molecule has 0 bridgehead atoms. The van der Waals surface area contributed by atoms with Crippen molar-refractivity contribution >= 4 is 41.2 Å². The second-order valence-corrected chi connectivity index (χ2v) is 8.89. The second-order valence-electron chi connectivity index (χ2n) is 8.05. The number of halogens is 2. The van der Waals surface area contributed by atoms with E-state index in [9.17, 15) is 9.59 Å². The molecule has 188 valence electrons. The van der Waals surface area contributed by atoms with E-state index in [0.717, 1.165) is 16.7 Å². The Morgan fingerprint density at radius 1 is 1.00 bits per heavy atom. The minimum absolute atomic E-state index is 0.265. The number of carbonyl (C=O) groups is 2. The van der Waals surface area contributed by atoms with Gasteiger partial charge >= 0.3 is 0 Å². The standard InChI is InChI=1S/C27H27Cl2N3O4/c1-17-9-10-20(14-25(17)35-3)16-30-32-27(34)23(13-19-7-5-4-6-8-19)31-26(33)18(2)36-24-12-11-21(28)15-22(24)29/h4-12,14-16,18,23H,13H2,1-3H3,(H,31,33)(H,32,34)/b30-16-/t18-,23-/m1/s1. The average molecular weight is 528 g/mol. The molecule has 0 aliphatic carbocycles. The van der Waals surface area contributed by atoms with Gasteiger partial charge in [0, 0.05) is 11.4 Å². The maximum atomic E-state index is 13.0. The summed E-state index contributed by atoms with van der Waals surface area (Å²) < 4.78 is 11.0. The zero-order chi connectivity index (χ0) is 26.1. The predicted molar refractivity (Wildman–Crippen MR) is 142 cm³/mol. The molecule has 2 atom stereocenters. The van der Waals surface area contributed by atoms with Crippen LogP contribution in [-0.4, -0.2) is 37.3 Å². The van der Waals surface area contributed by atoms with Crippen molar-refractivity contribution in [3.05, 3.63) is 93.5 Å². The van der Waals surface area contributed by atoms with E-state index >= 15 is 0 Å². The summed E-state index contributed by atoms with van der Waals surface area (Å²) in [5.74, 6) is 0.0729. The quantitative estimate of drug-likeness (QED) is 0.288. The highest BCUT2D eigenvalue weighted by Crippen LogP contribution is 2.28. The van der Waals surface area contributed by atoms with Crippen LogP contribution in [0.1, 0.15) is 23.6 Å². The van der Waals surface area contributed by atoms with Crippen molar-refractivity contribution in [2.75, 3.05) is 7.11 Å². The minimum atomic E-state index is -0.918. The van der Waals surface area contributed by atoms with Crippen molar-refractivity contribution in [1.29, 1.82) is 0 Å². The first-order chi connectivity index (χ1) is 17.3. The Labute approximate surface area is 220 Å². The van der Waals surface area contributed by atoms with Crippen LogP contribution in [0, 0.1) is 6.92 Å². The van der Waals surface area contributed by atoms with Gasteiger partial charge in [0.05, 0.1) is 18.3 Å². The number of benzene rings is 3. The monoisotopic (exact) mass is 527 g/mol. The smallest absolute Gasteiger partial charge is 0.262 e. The third kappa shape index (κ3) is 7.73. The molecule has 0 radical (unpaired) electrons. The molecule has 3 rings (SSSR count). The van der Waals surface area contributed by atoms with Crippen LogP contribution in [0.4, 0.5) is 0 Å². The van der Waals surface area contributed by atoms with Crippen LogP contribution in [0.2, 0.25) is 10.0 Å². The van der Waals surface area contributed by atoms with Crippen molar-refractivity contribution in [2.45, 2.75) is 32.4 Å². The molecule has 0 unspecified atom stereocenters. The molecular weight excluding hydrogens is 501 g/mol. The molecule has 0 saturated heterocycles. The maximum Gasteiger partial charge on any atom is 0.262 e. The van der Waals surface area contributed by atoms with Crippen molar-refractivity contribution in [1.82, 2.24) is 10.7 Å². The van der Waals surface area contributed by atoms with Crippen LogP contribution in [0.3, 0.4) is 0 Å². The first kappa shape index (κ1) is 27.0. The van der Waals surface area contributed by atoms with Gasteiger partial charge in [-0.2, -0.15) is 5.10 Å². The number of carbonyl (C=O) groups excluding carboxylic acids is 2. The summed E-state index contributed by atoms with van der Waals surface area (Å²) in [6.07, 6.45) is 0.856. The van der Waals surface area contributed by atoms with Crippen LogP contribution in [-0.2, 0) is 16.0 Å². The molecular formula is C27H27Cl2N3O4. The Balaban J connectivity index is 1.69. The maximum absolute atomic E-state index is 13.0. The molecule has 2 amide bonds. The number of hydrazone groups is 1. The van der Waals surface area contributed by atoms with E-state index in [1.807, 2.05) is 55.5 Å². The lowest BCUT2D eigenvalue weighted by atomic mass is 10.1. The molecule has 0 spiro atoms. The summed E-state index contributed by atoms with van der Waals surface area (Å²) >= 11 is 12.1. The van der Waals surface area contributed by atoms with Gasteiger partial charge in [0.15, 0.2) is 6.10 Å². The molecule has 36 heavy (non-hydrogen) atoms. The lowest BCUT2D eigenvalue weighted by Gasteiger charge is -2.21. The number of hydrogen-bond donors (Lipinski definition) is 2. The fourth-order valence-electron chi connectivity index (χ4n) is 3.33. The minimum Gasteiger partial charge on any atom is -0.496 e. The zero-order valence-corrected chi connectivity index (χ0v) is 21.6. The number of ether oxygens (including phenoxy) is 2. The van der Waals surface area contributed by atoms with Crippen molar-refractivity contribution < 1.29 is 19.1 Å². The highest BCUT2D eigenvalue weighted by Gasteiger charge is 2.25. The molecule has 0 saturated carbocycles. The average Bonchev–Trinajstić information content (AvgIpc) is 2.86. The van der Waals surface area contributed by atoms with Crippen molar-refractivity contribution in [2.24, 2.45) is 5.10 Å². The van der Waals surface area contributed by atoms with Gasteiger partial charge in [0.1, 0.15) is 17.5 Å². The van der Waals surface area contributed by atoms with Crippen LogP contribution in [0.25, 0.3) is 0 Å². The first-order valence-corrected chi connectivity index (χ1v) is 12.0. The van der Waals surface area contributed by atoms with Gasteiger partial charge in [-0.3, -0.25) is 9.59 Å². The van der Waals surface area contributed by atoms with E-state index in [1.54, 1.807) is 26.2 Å². The second kappa shape index (κ2) is 13.0. The largest absolute Gasteiger partial charge is 0.496 e. The molecule has 3 aromatic rings. The zero-order valence-electron chi connectivity index (χ0n) is 20.1. The Morgan fingerprint density at radius 2 is 1.75 bits per heavy atom.